The van der Waals surface area contributed by atoms with Crippen LogP contribution in [0.2, 0.25) is 9.36 Å². The summed E-state index contributed by atoms with van der Waals surface area (Å²) in [5.74, 6) is -0.378. The first-order valence-electron chi connectivity index (χ1n) is 6.80. The average Bonchev–Trinajstić information content (AvgIpc) is 2.90. The number of thiophene rings is 1. The molecular weight excluding hydrogens is 330 g/mol. The second-order valence-electron chi connectivity index (χ2n) is 5.00. The molecule has 0 aliphatic carbocycles. The zero-order chi connectivity index (χ0) is 14.8. The van der Waals surface area contributed by atoms with Crippen molar-refractivity contribution in [2.24, 2.45) is 0 Å². The Morgan fingerprint density at radius 2 is 1.90 bits per heavy atom. The van der Waals surface area contributed by atoms with Gasteiger partial charge in [0.25, 0.3) is 0 Å². The summed E-state index contributed by atoms with van der Waals surface area (Å²) >= 11 is 13.4. The fraction of sp³-hybridized carbons (Fsp3) is 0.333. The molecule has 1 aliphatic heterocycles. The lowest BCUT2D eigenvalue weighted by Gasteiger charge is -2.34. The molecule has 2 nitrogen and oxygen atoms in total. The molecule has 0 bridgehead atoms. The number of piperazine rings is 1. The van der Waals surface area contributed by atoms with Gasteiger partial charge >= 0.3 is 0 Å². The number of nitrogens with one attached hydrogen (secondary N) is 1. The Hall–Kier alpha value is -0.650. The molecule has 1 saturated heterocycles. The predicted molar refractivity (Wildman–Crippen MR) is 87.0 cm³/mol. The molecule has 0 saturated carbocycles. The molecule has 2 aromatic rings. The van der Waals surface area contributed by atoms with Gasteiger partial charge in [0.15, 0.2) is 0 Å². The van der Waals surface area contributed by atoms with E-state index in [0.29, 0.717) is 0 Å². The van der Waals surface area contributed by atoms with Gasteiger partial charge in [0.05, 0.1) is 15.4 Å². The van der Waals surface area contributed by atoms with E-state index in [1.165, 1.54) is 6.07 Å². The number of hydrogen-bond acceptors (Lipinski definition) is 3. The molecule has 112 valence electrons. The second kappa shape index (κ2) is 6.63. The van der Waals surface area contributed by atoms with Crippen LogP contribution in [0, 0.1) is 5.82 Å². The molecule has 3 rings (SSSR count). The highest BCUT2D eigenvalue weighted by Crippen LogP contribution is 2.36. The molecule has 1 aromatic carbocycles. The van der Waals surface area contributed by atoms with E-state index >= 15 is 0 Å². The lowest BCUT2D eigenvalue weighted by atomic mass is 10.0. The molecule has 0 unspecified atom stereocenters. The second-order valence-corrected chi connectivity index (χ2v) is 7.16. The van der Waals surface area contributed by atoms with Crippen molar-refractivity contribution in [2.45, 2.75) is 6.04 Å². The van der Waals surface area contributed by atoms with Gasteiger partial charge in [-0.25, -0.2) is 4.39 Å². The standard InChI is InChI=1S/C15H15Cl2FN2S/c16-11-2-1-10(9-12(11)18)15(13-3-4-14(17)21-13)20-7-5-19-6-8-20/h1-4,9,15,19H,5-8H2/t15-/m1/s1. The van der Waals surface area contributed by atoms with Crippen molar-refractivity contribution in [2.75, 3.05) is 26.2 Å². The monoisotopic (exact) mass is 344 g/mol. The van der Waals surface area contributed by atoms with Gasteiger partial charge in [-0.05, 0) is 29.8 Å². The summed E-state index contributed by atoms with van der Waals surface area (Å²) in [7, 11) is 0. The first kappa shape index (κ1) is 15.3. The topological polar surface area (TPSA) is 15.3 Å². The minimum absolute atomic E-state index is 0.0244. The Balaban J connectivity index is 2.00. The Labute approximate surface area is 137 Å². The zero-order valence-corrected chi connectivity index (χ0v) is 13.6. The van der Waals surface area contributed by atoms with Gasteiger partial charge < -0.3 is 5.32 Å². The molecule has 1 fully saturated rings. The Morgan fingerprint density at radius 1 is 1.14 bits per heavy atom. The van der Waals surface area contributed by atoms with E-state index < -0.39 is 0 Å². The summed E-state index contributed by atoms with van der Waals surface area (Å²) in [6.45, 7) is 3.71. The summed E-state index contributed by atoms with van der Waals surface area (Å²) in [6, 6.07) is 8.98. The summed E-state index contributed by atoms with van der Waals surface area (Å²) in [4.78, 5) is 3.48. The summed E-state index contributed by atoms with van der Waals surface area (Å²) < 4.78 is 14.6. The van der Waals surface area contributed by atoms with Crippen LogP contribution in [0.5, 0.6) is 0 Å². The van der Waals surface area contributed by atoms with Crippen LogP contribution in [0.1, 0.15) is 16.5 Å². The molecule has 1 atom stereocenters. The average molecular weight is 345 g/mol. The van der Waals surface area contributed by atoms with Gasteiger partial charge in [0, 0.05) is 31.1 Å². The van der Waals surface area contributed by atoms with Crippen molar-refractivity contribution in [3.63, 3.8) is 0 Å². The van der Waals surface area contributed by atoms with E-state index in [4.69, 9.17) is 23.2 Å². The van der Waals surface area contributed by atoms with Crippen molar-refractivity contribution < 1.29 is 4.39 Å². The lowest BCUT2D eigenvalue weighted by Crippen LogP contribution is -2.45. The molecule has 0 spiro atoms. The van der Waals surface area contributed by atoms with E-state index in [2.05, 4.69) is 10.2 Å². The molecule has 0 amide bonds. The highest BCUT2D eigenvalue weighted by Gasteiger charge is 2.25. The van der Waals surface area contributed by atoms with Gasteiger partial charge in [-0.15, -0.1) is 11.3 Å². The number of nitrogens with zero attached hydrogens (tertiary/aromatic N) is 1. The molecule has 21 heavy (non-hydrogen) atoms. The number of benzene rings is 1. The smallest absolute Gasteiger partial charge is 0.142 e. The third-order valence-corrected chi connectivity index (χ3v) is 5.23. The molecule has 0 radical (unpaired) electrons. The van der Waals surface area contributed by atoms with Crippen LogP contribution < -0.4 is 5.32 Å². The van der Waals surface area contributed by atoms with Crippen molar-refractivity contribution in [1.29, 1.82) is 0 Å². The third kappa shape index (κ3) is 3.41. The van der Waals surface area contributed by atoms with E-state index in [0.717, 1.165) is 41.0 Å². The van der Waals surface area contributed by atoms with Crippen LogP contribution in [-0.4, -0.2) is 31.1 Å². The molecule has 6 heteroatoms. The zero-order valence-electron chi connectivity index (χ0n) is 11.3. The molecule has 1 aromatic heterocycles. The lowest BCUT2D eigenvalue weighted by molar-refractivity contribution is 0.200. The Kier molecular flexibility index (Phi) is 4.82. The van der Waals surface area contributed by atoms with Crippen LogP contribution in [0.25, 0.3) is 0 Å². The molecule has 1 N–H and O–H groups in total. The number of hydrogen-bond donors (Lipinski definition) is 1. The quantitative estimate of drug-likeness (QED) is 0.897. The van der Waals surface area contributed by atoms with Gasteiger partial charge in [0.1, 0.15) is 5.82 Å². The van der Waals surface area contributed by atoms with Crippen LogP contribution in [0.4, 0.5) is 4.39 Å². The van der Waals surface area contributed by atoms with E-state index in [9.17, 15) is 4.39 Å². The normalized spacial score (nSPS) is 17.9. The minimum atomic E-state index is -0.378. The molecule has 1 aliphatic rings. The highest BCUT2D eigenvalue weighted by atomic mass is 35.5. The highest BCUT2D eigenvalue weighted by molar-refractivity contribution is 7.16. The van der Waals surface area contributed by atoms with E-state index in [1.807, 2.05) is 18.2 Å². The first-order valence-corrected chi connectivity index (χ1v) is 8.37. The maximum Gasteiger partial charge on any atom is 0.142 e. The van der Waals surface area contributed by atoms with Crippen molar-refractivity contribution in [1.82, 2.24) is 10.2 Å². The third-order valence-electron chi connectivity index (χ3n) is 3.64. The minimum Gasteiger partial charge on any atom is -0.314 e. The van der Waals surface area contributed by atoms with Crippen molar-refractivity contribution in [3.05, 3.63) is 55.9 Å². The fourth-order valence-corrected chi connectivity index (χ4v) is 3.99. The number of halogens is 3. The van der Waals surface area contributed by atoms with Gasteiger partial charge in [-0.2, -0.15) is 0 Å². The largest absolute Gasteiger partial charge is 0.314 e. The van der Waals surface area contributed by atoms with Crippen molar-refractivity contribution >= 4 is 34.5 Å². The van der Waals surface area contributed by atoms with E-state index in [-0.39, 0.29) is 16.9 Å². The SMILES string of the molecule is Fc1cc([C@H](c2ccc(Cl)s2)N2CCNCC2)ccc1Cl. The fourth-order valence-electron chi connectivity index (χ4n) is 2.65. The molecule has 2 heterocycles. The van der Waals surface area contributed by atoms with E-state index in [1.54, 1.807) is 17.4 Å². The van der Waals surface area contributed by atoms with Gasteiger partial charge in [-0.1, -0.05) is 29.3 Å². The maximum atomic E-state index is 13.8. The summed E-state index contributed by atoms with van der Waals surface area (Å²) in [5.41, 5.74) is 0.914. The van der Waals surface area contributed by atoms with Crippen LogP contribution in [0.3, 0.4) is 0 Å². The maximum absolute atomic E-state index is 13.8. The Bertz CT molecular complexity index is 626. The van der Waals surface area contributed by atoms with Crippen LogP contribution in [-0.2, 0) is 0 Å². The van der Waals surface area contributed by atoms with Crippen LogP contribution in [0.15, 0.2) is 30.3 Å². The van der Waals surface area contributed by atoms with Gasteiger partial charge in [-0.3, -0.25) is 4.90 Å². The van der Waals surface area contributed by atoms with Gasteiger partial charge in [0.2, 0.25) is 0 Å². The van der Waals surface area contributed by atoms with Crippen molar-refractivity contribution in [3.8, 4) is 0 Å². The summed E-state index contributed by atoms with van der Waals surface area (Å²) in [5, 5.41) is 3.49. The van der Waals surface area contributed by atoms with Crippen LogP contribution >= 0.6 is 34.5 Å². The Morgan fingerprint density at radius 3 is 2.52 bits per heavy atom. The first-order chi connectivity index (χ1) is 10.1. The predicted octanol–water partition coefficient (Wildman–Crippen LogP) is 4.19. The molecular formula is C15H15Cl2FN2S. The number of rotatable bonds is 3. The summed E-state index contributed by atoms with van der Waals surface area (Å²) in [6.07, 6.45) is 0.